The Morgan fingerprint density at radius 3 is 2.45 bits per heavy atom. The highest BCUT2D eigenvalue weighted by atomic mass is 35.5. The van der Waals surface area contributed by atoms with Gasteiger partial charge in [-0.05, 0) is 18.7 Å². The van der Waals surface area contributed by atoms with Crippen molar-refractivity contribution in [3.63, 3.8) is 0 Å². The molecule has 1 rings (SSSR count). The molecule has 0 atom stereocenters. The summed E-state index contributed by atoms with van der Waals surface area (Å²) >= 11 is 12.0. The van der Waals surface area contributed by atoms with Gasteiger partial charge in [-0.1, -0.05) is 30.1 Å². The Balaban J connectivity index is 2.59. The number of nitrogens with one attached hydrogen (secondary N) is 1. The third kappa shape index (κ3) is 5.17. The minimum absolute atomic E-state index is 0.0745. The van der Waals surface area contributed by atoms with Gasteiger partial charge in [0.25, 0.3) is 0 Å². The number of nitrogens with zero attached hydrogens (tertiary/aromatic N) is 1. The second kappa shape index (κ2) is 8.32. The van der Waals surface area contributed by atoms with Crippen molar-refractivity contribution in [1.29, 1.82) is 0 Å². The van der Waals surface area contributed by atoms with Crippen LogP contribution in [-0.4, -0.2) is 42.2 Å². The first-order valence-corrected chi connectivity index (χ1v) is 7.11. The maximum absolute atomic E-state index is 11.9. The van der Waals surface area contributed by atoms with Gasteiger partial charge >= 0.3 is 0 Å². The number of nitrogen functional groups attached to an aromatic ring is 1. The fraction of sp³-hybridized carbons (Fsp3) is 0.462. The number of hydrogen-bond acceptors (Lipinski definition) is 4. The molecule has 1 aromatic rings. The van der Waals surface area contributed by atoms with Crippen LogP contribution in [0.1, 0.15) is 13.3 Å². The smallest absolute Gasteiger partial charge is 0.225 e. The van der Waals surface area contributed by atoms with E-state index in [1.54, 1.807) is 0 Å². The Bertz CT molecular complexity index is 446. The van der Waals surface area contributed by atoms with Crippen LogP contribution in [0.4, 0.5) is 11.4 Å². The molecule has 0 radical (unpaired) electrons. The molecule has 0 aliphatic carbocycles. The molecule has 4 N–H and O–H groups in total. The third-order valence-corrected chi connectivity index (χ3v) is 3.44. The SMILES string of the molecule is CCN(CCO)CCC(=O)Nc1c(Cl)cc(N)cc1Cl. The van der Waals surface area contributed by atoms with Crippen molar-refractivity contribution < 1.29 is 9.90 Å². The molecule has 20 heavy (non-hydrogen) atoms. The zero-order valence-corrected chi connectivity index (χ0v) is 12.8. The minimum Gasteiger partial charge on any atom is -0.399 e. The maximum Gasteiger partial charge on any atom is 0.225 e. The summed E-state index contributed by atoms with van der Waals surface area (Å²) in [6.07, 6.45) is 0.297. The Hall–Kier alpha value is -1.01. The van der Waals surface area contributed by atoms with Gasteiger partial charge in [-0.25, -0.2) is 0 Å². The second-order valence-electron chi connectivity index (χ2n) is 4.32. The summed E-state index contributed by atoms with van der Waals surface area (Å²) in [6, 6.07) is 3.07. The third-order valence-electron chi connectivity index (χ3n) is 2.85. The van der Waals surface area contributed by atoms with Crippen molar-refractivity contribution >= 4 is 40.5 Å². The molecule has 0 fully saturated rings. The van der Waals surface area contributed by atoms with Crippen LogP contribution < -0.4 is 11.1 Å². The molecule has 0 aliphatic heterocycles. The van der Waals surface area contributed by atoms with E-state index in [4.69, 9.17) is 34.0 Å². The molecule has 0 saturated carbocycles. The summed E-state index contributed by atoms with van der Waals surface area (Å²) in [5.41, 5.74) is 6.41. The van der Waals surface area contributed by atoms with Crippen LogP contribution in [0.3, 0.4) is 0 Å². The van der Waals surface area contributed by atoms with E-state index >= 15 is 0 Å². The zero-order chi connectivity index (χ0) is 15.1. The molecule has 0 aliphatic rings. The monoisotopic (exact) mass is 319 g/mol. The van der Waals surface area contributed by atoms with Crippen LogP contribution >= 0.6 is 23.2 Å². The summed E-state index contributed by atoms with van der Waals surface area (Å²) in [7, 11) is 0. The van der Waals surface area contributed by atoms with Gasteiger partial charge in [0, 0.05) is 25.2 Å². The Morgan fingerprint density at radius 2 is 1.95 bits per heavy atom. The Morgan fingerprint density at radius 1 is 1.35 bits per heavy atom. The molecule has 1 amide bonds. The second-order valence-corrected chi connectivity index (χ2v) is 5.13. The summed E-state index contributed by atoms with van der Waals surface area (Å²) < 4.78 is 0. The number of nitrogens with two attached hydrogens (primary N) is 1. The number of carbonyl (C=O) groups excluding carboxylic acids is 1. The summed E-state index contributed by atoms with van der Waals surface area (Å²) in [6.45, 7) is 3.93. The lowest BCUT2D eigenvalue weighted by molar-refractivity contribution is -0.116. The fourth-order valence-corrected chi connectivity index (χ4v) is 2.34. The molecule has 0 saturated heterocycles. The van der Waals surface area contributed by atoms with Gasteiger partial charge in [0.15, 0.2) is 0 Å². The molecule has 112 valence electrons. The van der Waals surface area contributed by atoms with E-state index in [0.29, 0.717) is 40.9 Å². The van der Waals surface area contributed by atoms with Gasteiger partial charge in [0.05, 0.1) is 22.3 Å². The van der Waals surface area contributed by atoms with E-state index in [1.165, 1.54) is 12.1 Å². The molecule has 1 aromatic carbocycles. The van der Waals surface area contributed by atoms with Gasteiger partial charge in [-0.2, -0.15) is 0 Å². The van der Waals surface area contributed by atoms with Crippen LogP contribution in [0.2, 0.25) is 10.0 Å². The first-order chi connectivity index (χ1) is 9.47. The predicted molar refractivity (Wildman–Crippen MR) is 83.3 cm³/mol. The van der Waals surface area contributed by atoms with Gasteiger partial charge in [-0.3, -0.25) is 4.79 Å². The number of hydrogen-bond donors (Lipinski definition) is 3. The van der Waals surface area contributed by atoms with E-state index in [9.17, 15) is 4.79 Å². The number of benzene rings is 1. The summed E-state index contributed by atoms with van der Waals surface area (Å²) in [5.74, 6) is -0.185. The quantitative estimate of drug-likeness (QED) is 0.673. The molecule has 5 nitrogen and oxygen atoms in total. The predicted octanol–water partition coefficient (Wildman–Crippen LogP) is 2.22. The molecule has 0 bridgehead atoms. The number of anilines is 2. The number of likely N-dealkylation sites (N-methyl/N-ethyl adjacent to an activating group) is 1. The fourth-order valence-electron chi connectivity index (χ4n) is 1.74. The Kier molecular flexibility index (Phi) is 7.09. The maximum atomic E-state index is 11.9. The van der Waals surface area contributed by atoms with Gasteiger partial charge in [-0.15, -0.1) is 0 Å². The standard InChI is InChI=1S/C13H19Cl2N3O2/c1-2-18(5-6-19)4-3-12(20)17-13-10(14)7-9(16)8-11(13)15/h7-8,19H,2-6,16H2,1H3,(H,17,20). The van der Waals surface area contributed by atoms with Crippen molar-refractivity contribution in [3.05, 3.63) is 22.2 Å². The van der Waals surface area contributed by atoms with E-state index in [0.717, 1.165) is 6.54 Å². The van der Waals surface area contributed by atoms with Gasteiger partial charge in [0.2, 0.25) is 5.91 Å². The number of carbonyl (C=O) groups is 1. The van der Waals surface area contributed by atoms with Crippen molar-refractivity contribution in [2.24, 2.45) is 0 Å². The van der Waals surface area contributed by atoms with Gasteiger partial charge in [0.1, 0.15) is 0 Å². The lowest BCUT2D eigenvalue weighted by Gasteiger charge is -2.18. The topological polar surface area (TPSA) is 78.6 Å². The first-order valence-electron chi connectivity index (χ1n) is 6.35. The van der Waals surface area contributed by atoms with Crippen molar-refractivity contribution in [2.75, 3.05) is 37.3 Å². The number of aliphatic hydroxyl groups excluding tert-OH is 1. The Labute approximate surface area is 128 Å². The van der Waals surface area contributed by atoms with Crippen LogP contribution in [0.25, 0.3) is 0 Å². The van der Waals surface area contributed by atoms with E-state index in [2.05, 4.69) is 5.32 Å². The molecule has 0 heterocycles. The molecular weight excluding hydrogens is 301 g/mol. The van der Waals surface area contributed by atoms with E-state index in [1.807, 2.05) is 11.8 Å². The van der Waals surface area contributed by atoms with Crippen molar-refractivity contribution in [3.8, 4) is 0 Å². The highest BCUT2D eigenvalue weighted by molar-refractivity contribution is 6.40. The molecule has 0 unspecified atom stereocenters. The molecule has 0 aromatic heterocycles. The number of rotatable bonds is 7. The van der Waals surface area contributed by atoms with Gasteiger partial charge < -0.3 is 21.1 Å². The number of aliphatic hydroxyl groups is 1. The van der Waals surface area contributed by atoms with Crippen molar-refractivity contribution in [2.45, 2.75) is 13.3 Å². The van der Waals surface area contributed by atoms with E-state index in [-0.39, 0.29) is 12.5 Å². The molecule has 7 heteroatoms. The lowest BCUT2D eigenvalue weighted by atomic mass is 10.2. The van der Waals surface area contributed by atoms with Crippen LogP contribution in [0.5, 0.6) is 0 Å². The first kappa shape index (κ1) is 17.0. The number of amides is 1. The highest BCUT2D eigenvalue weighted by Gasteiger charge is 2.12. The average Bonchev–Trinajstić information content (AvgIpc) is 2.38. The van der Waals surface area contributed by atoms with Crippen LogP contribution in [-0.2, 0) is 4.79 Å². The average molecular weight is 320 g/mol. The lowest BCUT2D eigenvalue weighted by Crippen LogP contribution is -2.30. The minimum atomic E-state index is -0.185. The number of halogens is 2. The summed E-state index contributed by atoms with van der Waals surface area (Å²) in [4.78, 5) is 13.9. The normalized spacial score (nSPS) is 10.8. The molecule has 0 spiro atoms. The van der Waals surface area contributed by atoms with Crippen molar-refractivity contribution in [1.82, 2.24) is 4.90 Å². The largest absolute Gasteiger partial charge is 0.399 e. The zero-order valence-electron chi connectivity index (χ0n) is 11.3. The molecular formula is C13H19Cl2N3O2. The summed E-state index contributed by atoms with van der Waals surface area (Å²) in [5, 5.41) is 12.2. The van der Waals surface area contributed by atoms with Crippen LogP contribution in [0.15, 0.2) is 12.1 Å². The van der Waals surface area contributed by atoms with Crippen LogP contribution in [0, 0.1) is 0 Å². The van der Waals surface area contributed by atoms with E-state index < -0.39 is 0 Å². The highest BCUT2D eigenvalue weighted by Crippen LogP contribution is 2.32.